The highest BCUT2D eigenvalue weighted by Gasteiger charge is 2.21. The maximum Gasteiger partial charge on any atom is 0.257 e. The van der Waals surface area contributed by atoms with Crippen LogP contribution in [0.5, 0.6) is 0 Å². The van der Waals surface area contributed by atoms with E-state index < -0.39 is 0 Å². The molecule has 3 rings (SSSR count). The number of benzene rings is 1. The lowest BCUT2D eigenvalue weighted by Gasteiger charge is -2.21. The summed E-state index contributed by atoms with van der Waals surface area (Å²) in [4.78, 5) is 16.7. The molecule has 0 spiro atoms. The van der Waals surface area contributed by atoms with Crippen LogP contribution < -0.4 is 5.73 Å². The standard InChI is InChI=1S/C18H22FN3O2.2ClH/c19-16-4-2-14(3-5-16)12-21-6-1-7-22(9-8-21)18(23)15-10-17(11-20)24-13-15;;/h2-5,10,13H,1,6-9,11-12,20H2;2*1H. The van der Waals surface area contributed by atoms with E-state index in [1.54, 1.807) is 6.07 Å². The molecule has 0 saturated carbocycles. The predicted molar refractivity (Wildman–Crippen MR) is 103 cm³/mol. The molecule has 2 aromatic rings. The minimum atomic E-state index is -0.219. The maximum absolute atomic E-state index is 13.0. The Morgan fingerprint density at radius 2 is 1.85 bits per heavy atom. The van der Waals surface area contributed by atoms with Gasteiger partial charge in [-0.1, -0.05) is 12.1 Å². The van der Waals surface area contributed by atoms with Crippen LogP contribution >= 0.6 is 24.8 Å². The van der Waals surface area contributed by atoms with Crippen molar-refractivity contribution < 1.29 is 13.6 Å². The molecule has 1 amide bonds. The van der Waals surface area contributed by atoms with Gasteiger partial charge in [0.25, 0.3) is 5.91 Å². The second-order valence-corrected chi connectivity index (χ2v) is 6.05. The van der Waals surface area contributed by atoms with Gasteiger partial charge in [-0.05, 0) is 30.2 Å². The number of carbonyl (C=O) groups excluding carboxylic acids is 1. The monoisotopic (exact) mass is 403 g/mol. The van der Waals surface area contributed by atoms with Crippen molar-refractivity contribution in [3.05, 3.63) is 59.3 Å². The molecule has 2 heterocycles. The highest BCUT2D eigenvalue weighted by molar-refractivity contribution is 5.94. The minimum Gasteiger partial charge on any atom is -0.467 e. The van der Waals surface area contributed by atoms with Gasteiger partial charge in [0.2, 0.25) is 0 Å². The summed E-state index contributed by atoms with van der Waals surface area (Å²) in [5.41, 5.74) is 7.16. The van der Waals surface area contributed by atoms with Gasteiger partial charge in [-0.3, -0.25) is 9.69 Å². The maximum atomic E-state index is 13.0. The Kier molecular flexibility index (Phi) is 9.08. The van der Waals surface area contributed by atoms with Crippen LogP contribution in [-0.2, 0) is 13.1 Å². The number of nitrogens with two attached hydrogens (primary N) is 1. The first kappa shape index (κ1) is 22.4. The summed E-state index contributed by atoms with van der Waals surface area (Å²) in [5.74, 6) is 0.386. The molecule has 0 aliphatic carbocycles. The van der Waals surface area contributed by atoms with Gasteiger partial charge in [0.1, 0.15) is 17.8 Å². The number of rotatable bonds is 4. The molecule has 0 bridgehead atoms. The zero-order valence-electron chi connectivity index (χ0n) is 14.4. The van der Waals surface area contributed by atoms with Crippen molar-refractivity contribution in [2.45, 2.75) is 19.5 Å². The zero-order valence-corrected chi connectivity index (χ0v) is 16.0. The summed E-state index contributed by atoms with van der Waals surface area (Å²) in [6.07, 6.45) is 2.39. The van der Waals surface area contributed by atoms with Crippen LogP contribution in [0.4, 0.5) is 4.39 Å². The van der Waals surface area contributed by atoms with E-state index >= 15 is 0 Å². The average molecular weight is 404 g/mol. The van der Waals surface area contributed by atoms with Gasteiger partial charge in [0.15, 0.2) is 0 Å². The molecule has 0 atom stereocenters. The summed E-state index contributed by atoms with van der Waals surface area (Å²) in [5, 5.41) is 0. The molecule has 2 N–H and O–H groups in total. The van der Waals surface area contributed by atoms with E-state index in [0.29, 0.717) is 24.4 Å². The van der Waals surface area contributed by atoms with Crippen molar-refractivity contribution >= 4 is 30.7 Å². The fraction of sp³-hybridized carbons (Fsp3) is 0.389. The lowest BCUT2D eigenvalue weighted by atomic mass is 10.2. The highest BCUT2D eigenvalue weighted by Crippen LogP contribution is 2.14. The van der Waals surface area contributed by atoms with E-state index in [1.807, 2.05) is 17.0 Å². The van der Waals surface area contributed by atoms with Crippen molar-refractivity contribution in [3.8, 4) is 0 Å². The molecular formula is C18H24Cl2FN3O2. The molecule has 26 heavy (non-hydrogen) atoms. The first-order valence-corrected chi connectivity index (χ1v) is 8.19. The lowest BCUT2D eigenvalue weighted by molar-refractivity contribution is 0.0760. The minimum absolute atomic E-state index is 0. The van der Waals surface area contributed by atoms with E-state index in [4.69, 9.17) is 10.2 Å². The Labute approximate surface area is 165 Å². The molecule has 0 radical (unpaired) electrons. The first-order valence-electron chi connectivity index (χ1n) is 8.19. The average Bonchev–Trinajstić information content (AvgIpc) is 2.96. The van der Waals surface area contributed by atoms with Gasteiger partial charge in [-0.15, -0.1) is 24.8 Å². The molecular weight excluding hydrogens is 380 g/mol. The van der Waals surface area contributed by atoms with E-state index in [-0.39, 0.29) is 36.5 Å². The van der Waals surface area contributed by atoms with Gasteiger partial charge < -0.3 is 15.1 Å². The lowest BCUT2D eigenvalue weighted by Crippen LogP contribution is -2.34. The third-order valence-corrected chi connectivity index (χ3v) is 4.30. The van der Waals surface area contributed by atoms with Gasteiger partial charge in [-0.2, -0.15) is 0 Å². The van der Waals surface area contributed by atoms with Crippen LogP contribution in [0.15, 0.2) is 41.0 Å². The quantitative estimate of drug-likeness (QED) is 0.851. The van der Waals surface area contributed by atoms with Gasteiger partial charge >= 0.3 is 0 Å². The topological polar surface area (TPSA) is 62.7 Å². The number of furan rings is 1. The second kappa shape index (κ2) is 10.5. The second-order valence-electron chi connectivity index (χ2n) is 6.05. The van der Waals surface area contributed by atoms with Crippen molar-refractivity contribution in [1.29, 1.82) is 0 Å². The van der Waals surface area contributed by atoms with Crippen molar-refractivity contribution in [3.63, 3.8) is 0 Å². The summed E-state index contributed by atoms with van der Waals surface area (Å²) < 4.78 is 18.2. The first-order chi connectivity index (χ1) is 11.7. The molecule has 1 aliphatic rings. The SMILES string of the molecule is Cl.Cl.NCc1cc(C(=O)N2CCCN(Cc3ccc(F)cc3)CC2)co1. The fourth-order valence-corrected chi connectivity index (χ4v) is 2.96. The molecule has 144 valence electrons. The molecule has 1 aromatic heterocycles. The Morgan fingerprint density at radius 1 is 1.12 bits per heavy atom. The smallest absolute Gasteiger partial charge is 0.257 e. The molecule has 1 aliphatic heterocycles. The molecule has 8 heteroatoms. The van der Waals surface area contributed by atoms with E-state index in [0.717, 1.165) is 38.2 Å². The summed E-state index contributed by atoms with van der Waals surface area (Å²) in [6, 6.07) is 8.29. The predicted octanol–water partition coefficient (Wildman–Crippen LogP) is 3.07. The number of amides is 1. The largest absolute Gasteiger partial charge is 0.467 e. The number of halogens is 3. The number of hydrogen-bond acceptors (Lipinski definition) is 4. The van der Waals surface area contributed by atoms with Crippen LogP contribution in [0, 0.1) is 5.82 Å². The van der Waals surface area contributed by atoms with E-state index in [1.165, 1.54) is 18.4 Å². The Hall–Kier alpha value is -1.60. The molecule has 1 aromatic carbocycles. The van der Waals surface area contributed by atoms with Crippen LogP contribution in [-0.4, -0.2) is 41.9 Å². The molecule has 1 saturated heterocycles. The van der Waals surface area contributed by atoms with Crippen molar-refractivity contribution in [2.75, 3.05) is 26.2 Å². The number of hydrogen-bond donors (Lipinski definition) is 1. The van der Waals surface area contributed by atoms with Crippen LogP contribution in [0.2, 0.25) is 0 Å². The van der Waals surface area contributed by atoms with Crippen LogP contribution in [0.1, 0.15) is 28.1 Å². The van der Waals surface area contributed by atoms with Crippen LogP contribution in [0.25, 0.3) is 0 Å². The Balaban J connectivity index is 0.00000169. The summed E-state index contributed by atoms with van der Waals surface area (Å²) >= 11 is 0. The van der Waals surface area contributed by atoms with E-state index in [9.17, 15) is 9.18 Å². The van der Waals surface area contributed by atoms with Gasteiger partial charge in [-0.25, -0.2) is 4.39 Å². The van der Waals surface area contributed by atoms with Gasteiger partial charge in [0, 0.05) is 32.7 Å². The van der Waals surface area contributed by atoms with Crippen molar-refractivity contribution in [1.82, 2.24) is 9.80 Å². The zero-order chi connectivity index (χ0) is 16.9. The van der Waals surface area contributed by atoms with Crippen molar-refractivity contribution in [2.24, 2.45) is 5.73 Å². The third-order valence-electron chi connectivity index (χ3n) is 4.30. The normalized spacial score (nSPS) is 14.9. The highest BCUT2D eigenvalue weighted by atomic mass is 35.5. The number of nitrogens with zero attached hydrogens (tertiary/aromatic N) is 2. The number of carbonyl (C=O) groups is 1. The summed E-state index contributed by atoms with van der Waals surface area (Å²) in [7, 11) is 0. The third kappa shape index (κ3) is 5.71. The Morgan fingerprint density at radius 3 is 2.50 bits per heavy atom. The molecule has 0 unspecified atom stereocenters. The summed E-state index contributed by atoms with van der Waals surface area (Å²) in [6.45, 7) is 4.17. The molecule has 1 fully saturated rings. The fourth-order valence-electron chi connectivity index (χ4n) is 2.96. The van der Waals surface area contributed by atoms with E-state index in [2.05, 4.69) is 4.90 Å². The van der Waals surface area contributed by atoms with Gasteiger partial charge in [0.05, 0.1) is 12.1 Å². The molecule has 5 nitrogen and oxygen atoms in total. The van der Waals surface area contributed by atoms with Crippen LogP contribution in [0.3, 0.4) is 0 Å². The Bertz CT molecular complexity index is 694.